The highest BCUT2D eigenvalue weighted by atomic mass is 32.1. The molecule has 0 spiro atoms. The van der Waals surface area contributed by atoms with Crippen molar-refractivity contribution < 1.29 is 18.4 Å². The summed E-state index contributed by atoms with van der Waals surface area (Å²) in [6, 6.07) is 3.21. The Kier molecular flexibility index (Phi) is 6.04. The molecule has 2 heterocycles. The topological polar surface area (TPSA) is 56.8 Å². The summed E-state index contributed by atoms with van der Waals surface area (Å²) in [7, 11) is 3.43. The number of hydrogen-bond donors (Lipinski definition) is 0. The van der Waals surface area contributed by atoms with Gasteiger partial charge < -0.3 is 9.80 Å². The van der Waals surface area contributed by atoms with Crippen LogP contribution in [0.15, 0.2) is 18.2 Å². The monoisotopic (exact) mass is 408 g/mol. The number of rotatable bonds is 4. The fourth-order valence-corrected chi connectivity index (χ4v) is 4.16. The van der Waals surface area contributed by atoms with Crippen molar-refractivity contribution in [3.8, 4) is 0 Å². The van der Waals surface area contributed by atoms with Crippen LogP contribution in [0.2, 0.25) is 0 Å². The van der Waals surface area contributed by atoms with Crippen molar-refractivity contribution in [3.63, 3.8) is 0 Å². The maximum absolute atomic E-state index is 13.4. The number of aryl methyl sites for hydroxylation is 1. The van der Waals surface area contributed by atoms with Gasteiger partial charge in [-0.2, -0.15) is 0 Å². The third-order valence-electron chi connectivity index (χ3n) is 4.63. The van der Waals surface area contributed by atoms with E-state index < -0.39 is 11.6 Å². The number of piperazine rings is 1. The molecule has 3 rings (SSSR count). The molecule has 0 radical (unpaired) electrons. The molecule has 6 nitrogen and oxygen atoms in total. The molecule has 2 aromatic rings. The molecule has 0 aliphatic carbocycles. The summed E-state index contributed by atoms with van der Waals surface area (Å²) >= 11 is 1.39. The normalized spacial score (nSPS) is 15.0. The van der Waals surface area contributed by atoms with Crippen LogP contribution in [0.5, 0.6) is 0 Å². The van der Waals surface area contributed by atoms with Crippen molar-refractivity contribution in [1.29, 1.82) is 0 Å². The first-order valence-corrected chi connectivity index (χ1v) is 9.72. The van der Waals surface area contributed by atoms with Gasteiger partial charge in [-0.1, -0.05) is 0 Å². The highest BCUT2D eigenvalue weighted by molar-refractivity contribution is 7.13. The molecule has 0 bridgehead atoms. The van der Waals surface area contributed by atoms with Crippen LogP contribution in [0, 0.1) is 18.6 Å². The maximum Gasteiger partial charge on any atom is 0.265 e. The van der Waals surface area contributed by atoms with Gasteiger partial charge in [-0.25, -0.2) is 13.8 Å². The van der Waals surface area contributed by atoms with Gasteiger partial charge in [-0.05, 0) is 25.1 Å². The van der Waals surface area contributed by atoms with E-state index in [-0.39, 0.29) is 17.4 Å². The lowest BCUT2D eigenvalue weighted by atomic mass is 10.1. The molecular weight excluding hydrogens is 386 g/mol. The van der Waals surface area contributed by atoms with Crippen molar-refractivity contribution in [3.05, 3.63) is 51.0 Å². The third kappa shape index (κ3) is 4.36. The Labute approximate surface area is 166 Å². The zero-order valence-corrected chi connectivity index (χ0v) is 16.9. The number of benzene rings is 1. The minimum Gasteiger partial charge on any atom is -0.344 e. The Morgan fingerprint density at radius 1 is 1.14 bits per heavy atom. The second-order valence-electron chi connectivity index (χ2n) is 6.92. The zero-order chi connectivity index (χ0) is 20.4. The van der Waals surface area contributed by atoms with Gasteiger partial charge in [-0.15, -0.1) is 11.3 Å². The summed E-state index contributed by atoms with van der Waals surface area (Å²) in [5.74, 6) is -2.34. The van der Waals surface area contributed by atoms with Gasteiger partial charge in [0.25, 0.3) is 11.8 Å². The van der Waals surface area contributed by atoms with E-state index in [1.54, 1.807) is 19.0 Å². The Balaban J connectivity index is 1.58. The number of carbonyl (C=O) groups excluding carboxylic acids is 2. The minimum atomic E-state index is -1.02. The highest BCUT2D eigenvalue weighted by Crippen LogP contribution is 2.21. The van der Waals surface area contributed by atoms with Crippen molar-refractivity contribution in [2.45, 2.75) is 13.5 Å². The molecule has 0 unspecified atom stereocenters. The average molecular weight is 408 g/mol. The molecule has 150 valence electrons. The van der Waals surface area contributed by atoms with Gasteiger partial charge in [0.1, 0.15) is 9.88 Å². The minimum absolute atomic E-state index is 0.0526. The third-order valence-corrected chi connectivity index (χ3v) is 5.76. The Morgan fingerprint density at radius 2 is 1.82 bits per heavy atom. The molecule has 0 N–H and O–H groups in total. The van der Waals surface area contributed by atoms with Gasteiger partial charge in [0, 0.05) is 45.8 Å². The van der Waals surface area contributed by atoms with Crippen LogP contribution in [0.25, 0.3) is 0 Å². The fraction of sp³-hybridized carbons (Fsp3) is 0.421. The van der Waals surface area contributed by atoms with Crippen LogP contribution >= 0.6 is 11.3 Å². The summed E-state index contributed by atoms with van der Waals surface area (Å²) in [6.07, 6.45) is 0. The first kappa shape index (κ1) is 20.3. The van der Waals surface area contributed by atoms with E-state index in [1.165, 1.54) is 22.3 Å². The van der Waals surface area contributed by atoms with Gasteiger partial charge in [0.15, 0.2) is 11.6 Å². The van der Waals surface area contributed by atoms with Crippen LogP contribution < -0.4 is 0 Å². The predicted octanol–water partition coefficient (Wildman–Crippen LogP) is 2.39. The first-order chi connectivity index (χ1) is 13.3. The average Bonchev–Trinajstić information content (AvgIpc) is 3.03. The molecule has 2 amide bonds. The molecule has 28 heavy (non-hydrogen) atoms. The van der Waals surface area contributed by atoms with Gasteiger partial charge in [0.2, 0.25) is 0 Å². The molecule has 1 aliphatic rings. The van der Waals surface area contributed by atoms with E-state index in [4.69, 9.17) is 0 Å². The van der Waals surface area contributed by atoms with Crippen molar-refractivity contribution in [1.82, 2.24) is 19.7 Å². The number of thiazole rings is 1. The van der Waals surface area contributed by atoms with Crippen LogP contribution in [-0.4, -0.2) is 71.8 Å². The molecule has 1 aliphatic heterocycles. The Bertz CT molecular complexity index is 892. The maximum atomic E-state index is 13.4. The van der Waals surface area contributed by atoms with Crippen molar-refractivity contribution in [2.24, 2.45) is 0 Å². The first-order valence-electron chi connectivity index (χ1n) is 8.91. The largest absolute Gasteiger partial charge is 0.344 e. The van der Waals surface area contributed by atoms with Gasteiger partial charge >= 0.3 is 0 Å². The number of aromatic nitrogens is 1. The van der Waals surface area contributed by atoms with E-state index >= 15 is 0 Å². The fourth-order valence-electron chi connectivity index (χ4n) is 3.03. The smallest absolute Gasteiger partial charge is 0.265 e. The highest BCUT2D eigenvalue weighted by Gasteiger charge is 2.24. The summed E-state index contributed by atoms with van der Waals surface area (Å²) in [5.41, 5.74) is 0.876. The lowest BCUT2D eigenvalue weighted by molar-refractivity contribution is 0.0627. The second kappa shape index (κ2) is 8.32. The van der Waals surface area contributed by atoms with Gasteiger partial charge in [0.05, 0.1) is 12.2 Å². The predicted molar refractivity (Wildman–Crippen MR) is 102 cm³/mol. The molecule has 9 heteroatoms. The van der Waals surface area contributed by atoms with Crippen LogP contribution in [0.1, 0.15) is 30.7 Å². The Hall–Kier alpha value is -2.39. The van der Waals surface area contributed by atoms with Crippen LogP contribution in [0.3, 0.4) is 0 Å². The van der Waals surface area contributed by atoms with E-state index in [0.717, 1.165) is 22.8 Å². The molecule has 1 fully saturated rings. The van der Waals surface area contributed by atoms with Crippen LogP contribution in [-0.2, 0) is 6.54 Å². The lowest BCUT2D eigenvalue weighted by Crippen LogP contribution is -2.48. The molecular formula is C19H22F2N4O2S. The van der Waals surface area contributed by atoms with Crippen LogP contribution in [0.4, 0.5) is 8.78 Å². The summed E-state index contributed by atoms with van der Waals surface area (Å²) < 4.78 is 26.4. The molecule has 1 aromatic carbocycles. The summed E-state index contributed by atoms with van der Waals surface area (Å²) in [5, 5.41) is 0.864. The van der Waals surface area contributed by atoms with E-state index in [1.807, 2.05) is 6.92 Å². The summed E-state index contributed by atoms with van der Waals surface area (Å²) in [6.45, 7) is 4.71. The van der Waals surface area contributed by atoms with E-state index in [9.17, 15) is 18.4 Å². The SMILES string of the molecule is Cc1nc(CN2CCN(C(=O)c3ccc(F)c(F)c3)CC2)sc1C(=O)N(C)C. The number of nitrogens with zero attached hydrogens (tertiary/aromatic N) is 4. The van der Waals surface area contributed by atoms with Crippen molar-refractivity contribution >= 4 is 23.2 Å². The van der Waals surface area contributed by atoms with Crippen molar-refractivity contribution in [2.75, 3.05) is 40.3 Å². The number of hydrogen-bond acceptors (Lipinski definition) is 5. The molecule has 0 atom stereocenters. The molecule has 0 saturated carbocycles. The quantitative estimate of drug-likeness (QED) is 0.780. The number of halogens is 2. The Morgan fingerprint density at radius 3 is 2.43 bits per heavy atom. The standard InChI is InChI=1S/C19H22F2N4O2S/c1-12-17(19(27)23(2)3)28-16(22-12)11-24-6-8-25(9-7-24)18(26)13-4-5-14(20)15(21)10-13/h4-5,10H,6-9,11H2,1-3H3. The zero-order valence-electron chi connectivity index (χ0n) is 16.0. The molecule has 1 aromatic heterocycles. The van der Waals surface area contributed by atoms with E-state index in [0.29, 0.717) is 37.6 Å². The van der Waals surface area contributed by atoms with Gasteiger partial charge in [-0.3, -0.25) is 14.5 Å². The second-order valence-corrected chi connectivity index (χ2v) is 8.00. The summed E-state index contributed by atoms with van der Waals surface area (Å²) in [4.78, 5) is 35.1. The molecule has 1 saturated heterocycles. The van der Waals surface area contributed by atoms with E-state index in [2.05, 4.69) is 9.88 Å². The lowest BCUT2D eigenvalue weighted by Gasteiger charge is -2.34. The number of carbonyl (C=O) groups is 2. The number of amides is 2.